The summed E-state index contributed by atoms with van der Waals surface area (Å²) in [4.78, 5) is 5.26. The van der Waals surface area contributed by atoms with E-state index in [-0.39, 0.29) is 5.88 Å². The van der Waals surface area contributed by atoms with Gasteiger partial charge in [0.05, 0.1) is 19.3 Å². The number of halogens is 1. The predicted octanol–water partition coefficient (Wildman–Crippen LogP) is 3.02. The minimum absolute atomic E-state index is 0.231. The minimum Gasteiger partial charge on any atom is -0.465 e. The van der Waals surface area contributed by atoms with Crippen LogP contribution < -0.4 is 0 Å². The van der Waals surface area contributed by atoms with E-state index in [0.29, 0.717) is 5.76 Å². The van der Waals surface area contributed by atoms with Crippen molar-refractivity contribution < 1.29 is 13.7 Å². The second-order valence-electron chi connectivity index (χ2n) is 4.79. The second-order valence-corrected chi connectivity index (χ2v) is 9.49. The fourth-order valence-corrected chi connectivity index (χ4v) is 3.36. The van der Waals surface area contributed by atoms with Crippen LogP contribution in [0.25, 0.3) is 0 Å². The maximum absolute atomic E-state index is 6.19. The summed E-state index contributed by atoms with van der Waals surface area (Å²) < 4.78 is 11.6. The van der Waals surface area contributed by atoms with Crippen molar-refractivity contribution in [1.82, 2.24) is 5.06 Å². The third-order valence-electron chi connectivity index (χ3n) is 2.34. The molecule has 0 fully saturated rings. The van der Waals surface area contributed by atoms with Crippen LogP contribution in [0.1, 0.15) is 5.76 Å². The van der Waals surface area contributed by atoms with Crippen molar-refractivity contribution in [1.29, 1.82) is 0 Å². The molecule has 1 atom stereocenters. The summed E-state index contributed by atoms with van der Waals surface area (Å²) >= 11 is 6.11. The Morgan fingerprint density at radius 2 is 2.12 bits per heavy atom. The van der Waals surface area contributed by atoms with E-state index in [9.17, 15) is 0 Å². The summed E-state index contributed by atoms with van der Waals surface area (Å²) in [6, 6.07) is 3.66. The molecule has 1 aromatic rings. The molecule has 0 amide bonds. The highest BCUT2D eigenvalue weighted by molar-refractivity contribution is 6.69. The van der Waals surface area contributed by atoms with Crippen molar-refractivity contribution >= 4 is 19.9 Å². The molecule has 17 heavy (non-hydrogen) atoms. The first kappa shape index (κ1) is 14.7. The van der Waals surface area contributed by atoms with Gasteiger partial charge < -0.3 is 8.84 Å². The van der Waals surface area contributed by atoms with Crippen LogP contribution in [0.15, 0.2) is 22.8 Å². The zero-order chi connectivity index (χ0) is 13.1. The van der Waals surface area contributed by atoms with Gasteiger partial charge in [0.25, 0.3) is 0 Å². The normalized spacial score (nSPS) is 16.2. The molecule has 0 aliphatic rings. The van der Waals surface area contributed by atoms with Crippen molar-refractivity contribution in [2.75, 3.05) is 20.0 Å². The van der Waals surface area contributed by atoms with Crippen molar-refractivity contribution in [2.45, 2.75) is 25.4 Å². The standard InChI is InChI=1S/C11H20ClNO3Si/c1-13(14-2)11(9-12,16-17(3,4)5)10-7-6-8-15-10/h6-8H,9H2,1-5H3. The molecule has 0 aliphatic heterocycles. The third kappa shape index (κ3) is 3.32. The average molecular weight is 278 g/mol. The van der Waals surface area contributed by atoms with Gasteiger partial charge in [-0.05, 0) is 31.8 Å². The molecular weight excluding hydrogens is 258 g/mol. The van der Waals surface area contributed by atoms with Gasteiger partial charge in [0, 0.05) is 7.05 Å². The van der Waals surface area contributed by atoms with Gasteiger partial charge in [-0.3, -0.25) is 4.84 Å². The van der Waals surface area contributed by atoms with Crippen LogP contribution in [-0.2, 0) is 15.0 Å². The fraction of sp³-hybridized carbons (Fsp3) is 0.636. The molecule has 1 aromatic heterocycles. The number of hydrogen-bond acceptors (Lipinski definition) is 4. The first-order chi connectivity index (χ1) is 7.85. The monoisotopic (exact) mass is 277 g/mol. The summed E-state index contributed by atoms with van der Waals surface area (Å²) in [5, 5.41) is 1.59. The molecule has 98 valence electrons. The summed E-state index contributed by atoms with van der Waals surface area (Å²) in [5.41, 5.74) is -0.871. The molecule has 1 rings (SSSR count). The van der Waals surface area contributed by atoms with Gasteiger partial charge in [-0.1, -0.05) is 0 Å². The molecule has 1 unspecified atom stereocenters. The van der Waals surface area contributed by atoms with E-state index in [0.717, 1.165) is 0 Å². The minimum atomic E-state index is -1.81. The molecule has 0 spiro atoms. The Hall–Kier alpha value is -0.333. The van der Waals surface area contributed by atoms with Crippen molar-refractivity contribution in [3.63, 3.8) is 0 Å². The Kier molecular flexibility index (Phi) is 4.80. The van der Waals surface area contributed by atoms with Crippen LogP contribution in [0.2, 0.25) is 19.6 Å². The lowest BCUT2D eigenvalue weighted by Gasteiger charge is -2.41. The largest absolute Gasteiger partial charge is 0.465 e. The van der Waals surface area contributed by atoms with E-state index in [1.807, 2.05) is 12.1 Å². The van der Waals surface area contributed by atoms with Crippen LogP contribution in [0.5, 0.6) is 0 Å². The molecule has 0 saturated carbocycles. The topological polar surface area (TPSA) is 34.8 Å². The Bertz CT molecular complexity index is 339. The second kappa shape index (κ2) is 5.54. The van der Waals surface area contributed by atoms with Gasteiger partial charge in [-0.2, -0.15) is 5.06 Å². The highest BCUT2D eigenvalue weighted by Crippen LogP contribution is 2.34. The summed E-state index contributed by atoms with van der Waals surface area (Å²) in [6.45, 7) is 6.29. The Balaban J connectivity index is 3.15. The molecule has 6 heteroatoms. The number of rotatable bonds is 6. The van der Waals surface area contributed by atoms with Crippen LogP contribution >= 0.6 is 11.6 Å². The lowest BCUT2D eigenvalue weighted by Crippen LogP contribution is -2.52. The summed E-state index contributed by atoms with van der Waals surface area (Å²) in [5.74, 6) is 0.883. The van der Waals surface area contributed by atoms with E-state index in [1.165, 1.54) is 0 Å². The molecule has 0 radical (unpaired) electrons. The summed E-state index contributed by atoms with van der Waals surface area (Å²) in [6.07, 6.45) is 1.60. The number of nitrogens with zero attached hydrogens (tertiary/aromatic N) is 1. The van der Waals surface area contributed by atoms with E-state index in [1.54, 1.807) is 25.5 Å². The number of alkyl halides is 1. The van der Waals surface area contributed by atoms with Crippen molar-refractivity contribution in [3.8, 4) is 0 Å². The first-order valence-corrected chi connectivity index (χ1v) is 9.38. The smallest absolute Gasteiger partial charge is 0.206 e. The Morgan fingerprint density at radius 3 is 2.47 bits per heavy atom. The van der Waals surface area contributed by atoms with Crippen LogP contribution in [0, 0.1) is 0 Å². The van der Waals surface area contributed by atoms with Gasteiger partial charge in [-0.25, -0.2) is 0 Å². The van der Waals surface area contributed by atoms with Gasteiger partial charge in [0.1, 0.15) is 0 Å². The fourth-order valence-electron chi connectivity index (χ4n) is 1.60. The average Bonchev–Trinajstić information content (AvgIpc) is 2.77. The molecule has 0 saturated heterocycles. The number of hydrogen-bond donors (Lipinski definition) is 0. The number of hydroxylamine groups is 2. The zero-order valence-electron chi connectivity index (χ0n) is 11.0. The molecule has 0 aromatic carbocycles. The van der Waals surface area contributed by atoms with Crippen molar-refractivity contribution in [3.05, 3.63) is 24.2 Å². The van der Waals surface area contributed by atoms with Crippen molar-refractivity contribution in [2.24, 2.45) is 0 Å². The van der Waals surface area contributed by atoms with E-state index < -0.39 is 14.0 Å². The van der Waals surface area contributed by atoms with Crippen LogP contribution in [-0.4, -0.2) is 33.4 Å². The van der Waals surface area contributed by atoms with Crippen LogP contribution in [0.4, 0.5) is 0 Å². The molecular formula is C11H20ClNO3Si. The lowest BCUT2D eigenvalue weighted by molar-refractivity contribution is -0.259. The zero-order valence-corrected chi connectivity index (χ0v) is 12.7. The molecule has 0 N–H and O–H groups in total. The highest BCUT2D eigenvalue weighted by Gasteiger charge is 2.44. The summed E-state index contributed by atoms with van der Waals surface area (Å²) in [7, 11) is 1.55. The molecule has 0 bridgehead atoms. The van der Waals surface area contributed by atoms with Gasteiger partial charge in [0.15, 0.2) is 14.1 Å². The Morgan fingerprint density at radius 1 is 1.47 bits per heavy atom. The van der Waals surface area contributed by atoms with E-state index in [2.05, 4.69) is 19.6 Å². The quantitative estimate of drug-likeness (QED) is 0.347. The van der Waals surface area contributed by atoms with Gasteiger partial charge >= 0.3 is 0 Å². The molecule has 4 nitrogen and oxygen atoms in total. The molecule has 0 aliphatic carbocycles. The van der Waals surface area contributed by atoms with Crippen LogP contribution in [0.3, 0.4) is 0 Å². The van der Waals surface area contributed by atoms with Gasteiger partial charge in [-0.15, -0.1) is 11.6 Å². The number of furan rings is 1. The lowest BCUT2D eigenvalue weighted by atomic mass is 10.2. The highest BCUT2D eigenvalue weighted by atomic mass is 35.5. The maximum Gasteiger partial charge on any atom is 0.206 e. The van der Waals surface area contributed by atoms with E-state index >= 15 is 0 Å². The molecule has 1 heterocycles. The third-order valence-corrected chi connectivity index (χ3v) is 3.66. The van der Waals surface area contributed by atoms with E-state index in [4.69, 9.17) is 25.3 Å². The maximum atomic E-state index is 6.19. The predicted molar refractivity (Wildman–Crippen MR) is 70.3 cm³/mol. The SMILES string of the molecule is CON(C)C(CCl)(O[Si](C)(C)C)c1ccco1. The Labute approximate surface area is 109 Å². The van der Waals surface area contributed by atoms with Gasteiger partial charge in [0.2, 0.25) is 5.72 Å². The first-order valence-electron chi connectivity index (χ1n) is 5.44.